The predicted octanol–water partition coefficient (Wildman–Crippen LogP) is 3.95. The van der Waals surface area contributed by atoms with E-state index < -0.39 is 9.05 Å². The Balaban J connectivity index is 2.21. The van der Waals surface area contributed by atoms with Crippen LogP contribution in [0.4, 0.5) is 4.39 Å². The van der Waals surface area contributed by atoms with E-state index in [4.69, 9.17) is 15.4 Å². The van der Waals surface area contributed by atoms with Crippen molar-refractivity contribution in [2.24, 2.45) is 0 Å². The molecule has 0 saturated heterocycles. The van der Waals surface area contributed by atoms with Crippen molar-refractivity contribution in [2.75, 3.05) is 0 Å². The lowest BCUT2D eigenvalue weighted by molar-refractivity contribution is 0.303. The molecule has 2 aromatic carbocycles. The van der Waals surface area contributed by atoms with Crippen molar-refractivity contribution in [3.05, 3.63) is 58.9 Å². The molecule has 3 nitrogen and oxygen atoms in total. The highest BCUT2D eigenvalue weighted by Crippen LogP contribution is 2.28. The van der Waals surface area contributed by atoms with Gasteiger partial charge in [-0.2, -0.15) is 0 Å². The summed E-state index contributed by atoms with van der Waals surface area (Å²) >= 11 is 0. The first-order chi connectivity index (χ1) is 9.77. The van der Waals surface area contributed by atoms with Gasteiger partial charge in [0, 0.05) is 10.7 Å². The standard InChI is InChI=1S/C15H14ClFO3S/c1-10-8-15(21(16,18)19)11(2)7-14(10)20-9-12-3-5-13(17)6-4-12/h3-8H,9H2,1-2H3. The number of rotatable bonds is 4. The van der Waals surface area contributed by atoms with Gasteiger partial charge in [-0.15, -0.1) is 0 Å². The van der Waals surface area contributed by atoms with Gasteiger partial charge in [-0.25, -0.2) is 12.8 Å². The molecule has 0 spiro atoms. The number of halogens is 2. The highest BCUT2D eigenvalue weighted by Gasteiger charge is 2.16. The van der Waals surface area contributed by atoms with Gasteiger partial charge in [-0.3, -0.25) is 0 Å². The minimum Gasteiger partial charge on any atom is -0.489 e. The van der Waals surface area contributed by atoms with Gasteiger partial charge in [0.15, 0.2) is 0 Å². The van der Waals surface area contributed by atoms with Crippen LogP contribution in [-0.2, 0) is 15.7 Å². The van der Waals surface area contributed by atoms with Gasteiger partial charge in [0.05, 0.1) is 4.90 Å². The molecule has 2 aromatic rings. The summed E-state index contributed by atoms with van der Waals surface area (Å²) in [6.07, 6.45) is 0. The van der Waals surface area contributed by atoms with Crippen molar-refractivity contribution < 1.29 is 17.5 Å². The van der Waals surface area contributed by atoms with Crippen molar-refractivity contribution in [2.45, 2.75) is 25.3 Å². The maximum Gasteiger partial charge on any atom is 0.261 e. The monoisotopic (exact) mass is 328 g/mol. The number of hydrogen-bond donors (Lipinski definition) is 0. The van der Waals surface area contributed by atoms with Gasteiger partial charge >= 0.3 is 0 Å². The van der Waals surface area contributed by atoms with Gasteiger partial charge in [0.1, 0.15) is 18.2 Å². The fourth-order valence-electron chi connectivity index (χ4n) is 1.92. The molecule has 0 radical (unpaired) electrons. The van der Waals surface area contributed by atoms with E-state index in [1.807, 2.05) is 0 Å². The Bertz CT molecular complexity index is 755. The van der Waals surface area contributed by atoms with Crippen LogP contribution < -0.4 is 4.74 Å². The molecule has 0 N–H and O–H groups in total. The highest BCUT2D eigenvalue weighted by molar-refractivity contribution is 8.13. The lowest BCUT2D eigenvalue weighted by Gasteiger charge is -2.12. The van der Waals surface area contributed by atoms with Crippen LogP contribution >= 0.6 is 10.7 Å². The summed E-state index contributed by atoms with van der Waals surface area (Å²) in [5.41, 5.74) is 2.01. The van der Waals surface area contributed by atoms with Crippen molar-refractivity contribution >= 4 is 19.7 Å². The minimum absolute atomic E-state index is 0.0794. The Kier molecular flexibility index (Phi) is 4.54. The fraction of sp³-hybridized carbons (Fsp3) is 0.200. The summed E-state index contributed by atoms with van der Waals surface area (Å²) in [4.78, 5) is 0.0794. The van der Waals surface area contributed by atoms with Crippen LogP contribution in [0.5, 0.6) is 5.75 Å². The Morgan fingerprint density at radius 3 is 2.29 bits per heavy atom. The summed E-state index contributed by atoms with van der Waals surface area (Å²) in [6, 6.07) is 9.11. The SMILES string of the molecule is Cc1cc(S(=O)(=O)Cl)c(C)cc1OCc1ccc(F)cc1. The van der Waals surface area contributed by atoms with Crippen LogP contribution in [0.2, 0.25) is 0 Å². The largest absolute Gasteiger partial charge is 0.489 e. The lowest BCUT2D eigenvalue weighted by Crippen LogP contribution is -2.01. The number of ether oxygens (including phenoxy) is 1. The first-order valence-corrected chi connectivity index (χ1v) is 8.51. The van der Waals surface area contributed by atoms with E-state index in [0.29, 0.717) is 16.9 Å². The highest BCUT2D eigenvalue weighted by atomic mass is 35.7. The zero-order valence-corrected chi connectivity index (χ0v) is 13.1. The Hall–Kier alpha value is -1.59. The van der Waals surface area contributed by atoms with Crippen LogP contribution in [0.3, 0.4) is 0 Å². The first kappa shape index (κ1) is 15.8. The molecule has 0 heterocycles. The summed E-state index contributed by atoms with van der Waals surface area (Å²) in [6.45, 7) is 3.66. The van der Waals surface area contributed by atoms with Gasteiger partial charge in [0.2, 0.25) is 0 Å². The van der Waals surface area contributed by atoms with Crippen LogP contribution in [0.25, 0.3) is 0 Å². The number of aryl methyl sites for hydroxylation is 2. The Morgan fingerprint density at radius 1 is 1.10 bits per heavy atom. The summed E-state index contributed by atoms with van der Waals surface area (Å²) in [5.74, 6) is 0.267. The Morgan fingerprint density at radius 2 is 1.71 bits per heavy atom. The molecular formula is C15H14ClFO3S. The normalized spacial score (nSPS) is 11.4. The molecular weight excluding hydrogens is 315 g/mol. The third-order valence-electron chi connectivity index (χ3n) is 3.04. The quantitative estimate of drug-likeness (QED) is 0.798. The van der Waals surface area contributed by atoms with Gasteiger partial charge < -0.3 is 4.74 Å². The summed E-state index contributed by atoms with van der Waals surface area (Å²) < 4.78 is 41.3. The second-order valence-electron chi connectivity index (χ2n) is 4.74. The van der Waals surface area contributed by atoms with Crippen LogP contribution in [0.1, 0.15) is 16.7 Å². The average Bonchev–Trinajstić information content (AvgIpc) is 2.40. The van der Waals surface area contributed by atoms with Gasteiger partial charge in [0.25, 0.3) is 9.05 Å². The third-order valence-corrected chi connectivity index (χ3v) is 4.51. The molecule has 21 heavy (non-hydrogen) atoms. The zero-order chi connectivity index (χ0) is 15.6. The predicted molar refractivity (Wildman–Crippen MR) is 79.7 cm³/mol. The molecule has 0 aliphatic rings. The fourth-order valence-corrected chi connectivity index (χ4v) is 3.18. The maximum absolute atomic E-state index is 12.8. The lowest BCUT2D eigenvalue weighted by atomic mass is 10.1. The van der Waals surface area contributed by atoms with E-state index in [0.717, 1.165) is 5.56 Å². The van der Waals surface area contributed by atoms with Gasteiger partial charge in [-0.05, 0) is 54.8 Å². The van der Waals surface area contributed by atoms with Crippen molar-refractivity contribution in [1.82, 2.24) is 0 Å². The van der Waals surface area contributed by atoms with Crippen molar-refractivity contribution in [3.8, 4) is 5.75 Å². The Labute approximate surface area is 127 Å². The van der Waals surface area contributed by atoms with E-state index >= 15 is 0 Å². The van der Waals surface area contributed by atoms with Crippen LogP contribution in [-0.4, -0.2) is 8.42 Å². The molecule has 0 aromatic heterocycles. The van der Waals surface area contributed by atoms with E-state index in [1.165, 1.54) is 18.2 Å². The molecule has 0 bridgehead atoms. The first-order valence-electron chi connectivity index (χ1n) is 6.20. The molecule has 0 saturated carbocycles. The minimum atomic E-state index is -3.77. The van der Waals surface area contributed by atoms with Crippen molar-refractivity contribution in [1.29, 1.82) is 0 Å². The third kappa shape index (κ3) is 3.95. The molecule has 2 rings (SSSR count). The second kappa shape index (κ2) is 6.03. The summed E-state index contributed by atoms with van der Waals surface area (Å²) in [7, 11) is 1.60. The summed E-state index contributed by atoms with van der Waals surface area (Å²) in [5, 5.41) is 0. The maximum atomic E-state index is 12.8. The van der Waals surface area contributed by atoms with Gasteiger partial charge in [-0.1, -0.05) is 12.1 Å². The molecule has 0 fully saturated rings. The van der Waals surface area contributed by atoms with Crippen LogP contribution in [0.15, 0.2) is 41.3 Å². The van der Waals surface area contributed by atoms with Crippen LogP contribution in [0, 0.1) is 19.7 Å². The second-order valence-corrected chi connectivity index (χ2v) is 7.27. The van der Waals surface area contributed by atoms with Crippen molar-refractivity contribution in [3.63, 3.8) is 0 Å². The molecule has 0 aliphatic heterocycles. The zero-order valence-electron chi connectivity index (χ0n) is 11.6. The molecule has 0 unspecified atom stereocenters. The average molecular weight is 329 g/mol. The molecule has 6 heteroatoms. The number of hydrogen-bond acceptors (Lipinski definition) is 3. The molecule has 112 valence electrons. The topological polar surface area (TPSA) is 43.4 Å². The number of benzene rings is 2. The molecule has 0 atom stereocenters. The van der Waals surface area contributed by atoms with E-state index in [-0.39, 0.29) is 17.3 Å². The smallest absolute Gasteiger partial charge is 0.261 e. The van der Waals surface area contributed by atoms with E-state index in [1.54, 1.807) is 32.0 Å². The molecule has 0 aliphatic carbocycles. The van der Waals surface area contributed by atoms with E-state index in [9.17, 15) is 12.8 Å². The van der Waals surface area contributed by atoms with E-state index in [2.05, 4.69) is 0 Å². The molecule has 0 amide bonds.